The second kappa shape index (κ2) is 9.58. The predicted molar refractivity (Wildman–Crippen MR) is 137 cm³/mol. The van der Waals surface area contributed by atoms with Crippen molar-refractivity contribution in [3.05, 3.63) is 35.3 Å². The third-order valence-electron chi connectivity index (χ3n) is 6.30. The van der Waals surface area contributed by atoms with E-state index in [-0.39, 0.29) is 0 Å². The Hall–Kier alpha value is -2.20. The van der Waals surface area contributed by atoms with Crippen LogP contribution < -0.4 is 4.90 Å². The summed E-state index contributed by atoms with van der Waals surface area (Å²) in [5.74, 6) is 3.60. The maximum absolute atomic E-state index is 11.5. The molecule has 0 radical (unpaired) electrons. The molecule has 0 bridgehead atoms. The molecule has 33 heavy (non-hydrogen) atoms. The number of anilines is 1. The summed E-state index contributed by atoms with van der Waals surface area (Å²) in [5.41, 5.74) is 1.96. The van der Waals surface area contributed by atoms with Gasteiger partial charge >= 0.3 is 0 Å². The molecule has 5 rings (SSSR count). The minimum Gasteiger partial charge on any atom is -0.384 e. The Morgan fingerprint density at radius 1 is 1.24 bits per heavy atom. The molecule has 3 aromatic heterocycles. The Morgan fingerprint density at radius 3 is 2.88 bits per heavy atom. The van der Waals surface area contributed by atoms with Gasteiger partial charge in [0.05, 0.1) is 40.7 Å². The van der Waals surface area contributed by atoms with E-state index in [0.717, 1.165) is 68.4 Å². The molecule has 1 aromatic carbocycles. The lowest BCUT2D eigenvalue weighted by Gasteiger charge is -2.28. The fourth-order valence-electron chi connectivity index (χ4n) is 4.28. The standard InChI is InChI=1S/C24H29N5O2S2/c1-3-24(30,8-13-32-4-2)20-14-19-21(33-20)23(29-9-11-31-12-10-29)27-22(26-19)16-6-5-7-18-17(16)15-25-28-18/h5-7,14-15,30H,3-4,8-13H2,1-2H3,(H,25,28). The zero-order valence-corrected chi connectivity index (χ0v) is 20.6. The third-order valence-corrected chi connectivity index (χ3v) is 8.51. The summed E-state index contributed by atoms with van der Waals surface area (Å²) < 4.78 is 6.62. The van der Waals surface area contributed by atoms with Crippen molar-refractivity contribution in [1.82, 2.24) is 20.2 Å². The highest BCUT2D eigenvalue weighted by molar-refractivity contribution is 7.99. The number of hydrogen-bond acceptors (Lipinski definition) is 8. The van der Waals surface area contributed by atoms with E-state index in [1.165, 1.54) is 0 Å². The number of thiophene rings is 1. The van der Waals surface area contributed by atoms with E-state index in [1.807, 2.05) is 36.2 Å². The number of aromatic amines is 1. The van der Waals surface area contributed by atoms with Gasteiger partial charge in [0, 0.05) is 28.9 Å². The molecule has 9 heteroatoms. The molecule has 1 unspecified atom stereocenters. The van der Waals surface area contributed by atoms with Crippen molar-refractivity contribution < 1.29 is 9.84 Å². The van der Waals surface area contributed by atoms with Crippen molar-refractivity contribution in [2.75, 3.05) is 42.7 Å². The van der Waals surface area contributed by atoms with Crippen LogP contribution in [-0.2, 0) is 10.3 Å². The fraction of sp³-hybridized carbons (Fsp3) is 0.458. The van der Waals surface area contributed by atoms with Gasteiger partial charge in [-0.1, -0.05) is 26.0 Å². The molecule has 174 valence electrons. The Labute approximate surface area is 201 Å². The van der Waals surface area contributed by atoms with Gasteiger partial charge in [-0.3, -0.25) is 5.10 Å². The molecule has 0 amide bonds. The average molecular weight is 484 g/mol. The van der Waals surface area contributed by atoms with Gasteiger partial charge in [0.15, 0.2) is 11.6 Å². The number of morpholine rings is 1. The summed E-state index contributed by atoms with van der Waals surface area (Å²) in [6.07, 6.45) is 3.23. The van der Waals surface area contributed by atoms with E-state index >= 15 is 0 Å². The van der Waals surface area contributed by atoms with Gasteiger partial charge in [-0.15, -0.1) is 11.3 Å². The molecule has 4 heterocycles. The minimum atomic E-state index is -0.847. The van der Waals surface area contributed by atoms with E-state index in [1.54, 1.807) is 11.3 Å². The number of nitrogens with zero attached hydrogens (tertiary/aromatic N) is 4. The van der Waals surface area contributed by atoms with Crippen molar-refractivity contribution in [2.45, 2.75) is 32.3 Å². The molecule has 0 aliphatic carbocycles. The maximum Gasteiger partial charge on any atom is 0.162 e. The second-order valence-corrected chi connectivity index (χ2v) is 10.7. The van der Waals surface area contributed by atoms with Crippen LogP contribution in [0.1, 0.15) is 31.6 Å². The quantitative estimate of drug-likeness (QED) is 0.348. The first-order valence-electron chi connectivity index (χ1n) is 11.5. The number of aromatic nitrogens is 4. The molecule has 1 aliphatic rings. The molecular weight excluding hydrogens is 454 g/mol. The number of rotatable bonds is 8. The first-order chi connectivity index (χ1) is 16.1. The van der Waals surface area contributed by atoms with Crippen molar-refractivity contribution >= 4 is 50.0 Å². The topological polar surface area (TPSA) is 87.2 Å². The Morgan fingerprint density at radius 2 is 2.09 bits per heavy atom. The Kier molecular flexibility index (Phi) is 6.56. The minimum absolute atomic E-state index is 0.672. The summed E-state index contributed by atoms with van der Waals surface area (Å²) in [6.45, 7) is 7.16. The number of H-pyrrole nitrogens is 1. The number of nitrogens with one attached hydrogen (secondary N) is 1. The van der Waals surface area contributed by atoms with Gasteiger partial charge in [-0.25, -0.2) is 9.97 Å². The number of hydrogen-bond donors (Lipinski definition) is 2. The van der Waals surface area contributed by atoms with Crippen LogP contribution in [0.15, 0.2) is 30.5 Å². The molecule has 1 aliphatic heterocycles. The number of benzene rings is 1. The molecule has 4 aromatic rings. The lowest BCUT2D eigenvalue weighted by atomic mass is 9.95. The van der Waals surface area contributed by atoms with Crippen LogP contribution in [0.4, 0.5) is 5.82 Å². The monoisotopic (exact) mass is 483 g/mol. The van der Waals surface area contributed by atoms with Gasteiger partial charge in [0.1, 0.15) is 0 Å². The molecule has 0 spiro atoms. The van der Waals surface area contributed by atoms with Crippen LogP contribution in [0.2, 0.25) is 0 Å². The lowest BCUT2D eigenvalue weighted by molar-refractivity contribution is 0.0334. The van der Waals surface area contributed by atoms with Crippen molar-refractivity contribution in [3.8, 4) is 11.4 Å². The van der Waals surface area contributed by atoms with Gasteiger partial charge in [-0.2, -0.15) is 16.9 Å². The molecular formula is C24H29N5O2S2. The molecule has 1 saturated heterocycles. The Balaban J connectivity index is 1.65. The van der Waals surface area contributed by atoms with Crippen LogP contribution in [0.5, 0.6) is 0 Å². The van der Waals surface area contributed by atoms with Gasteiger partial charge in [-0.05, 0) is 36.5 Å². The highest BCUT2D eigenvalue weighted by atomic mass is 32.2. The van der Waals surface area contributed by atoms with Gasteiger partial charge in [0.25, 0.3) is 0 Å². The summed E-state index contributed by atoms with van der Waals surface area (Å²) in [5, 5.41) is 19.8. The van der Waals surface area contributed by atoms with E-state index in [9.17, 15) is 5.11 Å². The summed E-state index contributed by atoms with van der Waals surface area (Å²) >= 11 is 3.50. The number of fused-ring (bicyclic) bond motifs is 2. The molecule has 2 N–H and O–H groups in total. The zero-order chi connectivity index (χ0) is 22.8. The van der Waals surface area contributed by atoms with Crippen LogP contribution in [0.3, 0.4) is 0 Å². The molecule has 0 saturated carbocycles. The van der Waals surface area contributed by atoms with E-state index in [4.69, 9.17) is 14.7 Å². The SMILES string of the molecule is CCSCCC(O)(CC)c1cc2nc(-c3cccc4[nH]ncc34)nc(N3CCOCC3)c2s1. The van der Waals surface area contributed by atoms with Crippen LogP contribution >= 0.6 is 23.1 Å². The normalized spacial score (nSPS) is 16.5. The zero-order valence-electron chi connectivity index (χ0n) is 19.0. The average Bonchev–Trinajstić information content (AvgIpc) is 3.51. The highest BCUT2D eigenvalue weighted by Gasteiger charge is 2.31. The van der Waals surface area contributed by atoms with E-state index < -0.39 is 5.60 Å². The predicted octanol–water partition coefficient (Wildman–Crippen LogP) is 4.81. The van der Waals surface area contributed by atoms with E-state index in [2.05, 4.69) is 35.0 Å². The van der Waals surface area contributed by atoms with Gasteiger partial charge < -0.3 is 14.7 Å². The Bertz CT molecular complexity index is 1250. The maximum atomic E-state index is 11.5. The third kappa shape index (κ3) is 4.35. The number of aliphatic hydroxyl groups is 1. The smallest absolute Gasteiger partial charge is 0.162 e. The molecule has 1 atom stereocenters. The first kappa shape index (κ1) is 22.6. The largest absolute Gasteiger partial charge is 0.384 e. The molecule has 7 nitrogen and oxygen atoms in total. The summed E-state index contributed by atoms with van der Waals surface area (Å²) in [7, 11) is 0. The summed E-state index contributed by atoms with van der Waals surface area (Å²) in [6, 6.07) is 8.12. The van der Waals surface area contributed by atoms with Crippen molar-refractivity contribution in [1.29, 1.82) is 0 Å². The fourth-order valence-corrected chi connectivity index (χ4v) is 6.35. The number of ether oxygens (including phenoxy) is 1. The second-order valence-electron chi connectivity index (χ2n) is 8.26. The van der Waals surface area contributed by atoms with Crippen LogP contribution in [0, 0.1) is 0 Å². The highest BCUT2D eigenvalue weighted by Crippen LogP contribution is 2.41. The van der Waals surface area contributed by atoms with Gasteiger partial charge in [0.2, 0.25) is 0 Å². The van der Waals surface area contributed by atoms with Crippen LogP contribution in [0.25, 0.3) is 32.5 Å². The van der Waals surface area contributed by atoms with Crippen molar-refractivity contribution in [2.24, 2.45) is 0 Å². The first-order valence-corrected chi connectivity index (χ1v) is 13.5. The van der Waals surface area contributed by atoms with E-state index in [0.29, 0.717) is 25.5 Å². The lowest BCUT2D eigenvalue weighted by Crippen LogP contribution is -2.36. The van der Waals surface area contributed by atoms with Crippen molar-refractivity contribution in [3.63, 3.8) is 0 Å². The van der Waals surface area contributed by atoms with Crippen LogP contribution in [-0.4, -0.2) is 63.1 Å². The number of thioether (sulfide) groups is 1. The summed E-state index contributed by atoms with van der Waals surface area (Å²) in [4.78, 5) is 13.3. The molecule has 1 fully saturated rings.